The van der Waals surface area contributed by atoms with Crippen LogP contribution in [0.4, 0.5) is 5.69 Å². The van der Waals surface area contributed by atoms with Gasteiger partial charge >= 0.3 is 0 Å². The van der Waals surface area contributed by atoms with E-state index in [4.69, 9.17) is 23.8 Å². The van der Waals surface area contributed by atoms with Gasteiger partial charge in [-0.1, -0.05) is 54.1 Å². The molecule has 3 rings (SSSR count). The van der Waals surface area contributed by atoms with Crippen molar-refractivity contribution in [1.29, 1.82) is 0 Å². The van der Waals surface area contributed by atoms with Gasteiger partial charge in [-0.3, -0.25) is 14.9 Å². The smallest absolute Gasteiger partial charge is 0.257 e. The fourth-order valence-electron chi connectivity index (χ4n) is 2.59. The minimum absolute atomic E-state index is 0.122. The molecule has 0 bridgehead atoms. The summed E-state index contributed by atoms with van der Waals surface area (Å²) in [5, 5.41) is 8.96. The molecular weight excluding hydrogens is 406 g/mol. The van der Waals surface area contributed by atoms with Crippen molar-refractivity contribution in [3.63, 3.8) is 0 Å². The molecule has 0 saturated carbocycles. The van der Waals surface area contributed by atoms with Crippen LogP contribution in [0, 0.1) is 0 Å². The van der Waals surface area contributed by atoms with Crippen molar-refractivity contribution < 1.29 is 9.59 Å². The molecule has 0 radical (unpaired) electrons. The molecule has 3 N–H and O–H groups in total. The Morgan fingerprint density at radius 1 is 0.828 bits per heavy atom. The Balaban J connectivity index is 1.58. The Morgan fingerprint density at radius 3 is 2.24 bits per heavy atom. The predicted molar refractivity (Wildman–Crippen MR) is 119 cm³/mol. The first-order valence-corrected chi connectivity index (χ1v) is 9.60. The van der Waals surface area contributed by atoms with Crippen LogP contribution in [-0.2, 0) is 6.54 Å². The van der Waals surface area contributed by atoms with E-state index in [2.05, 4.69) is 16.0 Å². The number of thiocarbonyl (C=S) groups is 1. The number of nitrogens with one attached hydrogen (secondary N) is 3. The van der Waals surface area contributed by atoms with E-state index in [9.17, 15) is 9.59 Å². The molecule has 146 valence electrons. The van der Waals surface area contributed by atoms with Crippen LogP contribution in [0.3, 0.4) is 0 Å². The first-order valence-electron chi connectivity index (χ1n) is 8.81. The lowest BCUT2D eigenvalue weighted by Crippen LogP contribution is -2.34. The molecule has 2 amide bonds. The maximum absolute atomic E-state index is 12.4. The Hall–Kier alpha value is -3.22. The lowest BCUT2D eigenvalue weighted by molar-refractivity contribution is 0.0948. The van der Waals surface area contributed by atoms with E-state index in [1.54, 1.807) is 48.5 Å². The number of hydrogen-bond donors (Lipinski definition) is 3. The van der Waals surface area contributed by atoms with Crippen molar-refractivity contribution in [1.82, 2.24) is 10.6 Å². The highest BCUT2D eigenvalue weighted by Crippen LogP contribution is 2.12. The minimum atomic E-state index is -0.373. The van der Waals surface area contributed by atoms with E-state index in [-0.39, 0.29) is 16.9 Å². The lowest BCUT2D eigenvalue weighted by atomic mass is 10.1. The third-order valence-corrected chi connectivity index (χ3v) is 4.43. The molecule has 0 heterocycles. The minimum Gasteiger partial charge on any atom is -0.348 e. The normalized spacial score (nSPS) is 10.1. The van der Waals surface area contributed by atoms with Gasteiger partial charge in [-0.25, -0.2) is 0 Å². The quantitative estimate of drug-likeness (QED) is 0.532. The van der Waals surface area contributed by atoms with Crippen LogP contribution in [0.25, 0.3) is 0 Å². The molecule has 0 aliphatic heterocycles. The summed E-state index contributed by atoms with van der Waals surface area (Å²) in [5.41, 5.74) is 2.49. The van der Waals surface area contributed by atoms with Gasteiger partial charge in [-0.2, -0.15) is 0 Å². The van der Waals surface area contributed by atoms with Crippen molar-refractivity contribution in [3.8, 4) is 0 Å². The first-order chi connectivity index (χ1) is 14.0. The van der Waals surface area contributed by atoms with Crippen LogP contribution in [-0.4, -0.2) is 16.9 Å². The van der Waals surface area contributed by atoms with Crippen molar-refractivity contribution >= 4 is 46.4 Å². The fourth-order valence-corrected chi connectivity index (χ4v) is 2.99. The van der Waals surface area contributed by atoms with E-state index in [0.29, 0.717) is 28.4 Å². The molecule has 0 aliphatic rings. The van der Waals surface area contributed by atoms with Gasteiger partial charge in [0.25, 0.3) is 11.8 Å². The van der Waals surface area contributed by atoms with E-state index in [1.165, 1.54) is 0 Å². The van der Waals surface area contributed by atoms with Crippen LogP contribution in [0.15, 0.2) is 78.9 Å². The van der Waals surface area contributed by atoms with Gasteiger partial charge in [0.1, 0.15) is 0 Å². The van der Waals surface area contributed by atoms with Gasteiger partial charge in [0, 0.05) is 28.4 Å². The number of benzene rings is 3. The molecular formula is C22H18ClN3O2S. The number of hydrogen-bond acceptors (Lipinski definition) is 3. The molecule has 0 spiro atoms. The summed E-state index contributed by atoms with van der Waals surface area (Å²) in [5.74, 6) is -0.576. The number of carbonyl (C=O) groups excluding carboxylic acids is 2. The Labute approximate surface area is 179 Å². The third kappa shape index (κ3) is 6.14. The summed E-state index contributed by atoms with van der Waals surface area (Å²) in [6.45, 7) is 0.436. The van der Waals surface area contributed by atoms with Gasteiger partial charge in [0.05, 0.1) is 0 Å². The highest BCUT2D eigenvalue weighted by molar-refractivity contribution is 7.80. The van der Waals surface area contributed by atoms with Crippen LogP contribution in [0.1, 0.15) is 26.3 Å². The van der Waals surface area contributed by atoms with E-state index < -0.39 is 0 Å². The zero-order valence-corrected chi connectivity index (χ0v) is 16.9. The molecule has 3 aromatic rings. The number of rotatable bonds is 5. The largest absolute Gasteiger partial charge is 0.348 e. The van der Waals surface area contributed by atoms with Gasteiger partial charge in [0.2, 0.25) is 0 Å². The Bertz CT molecular complexity index is 1040. The highest BCUT2D eigenvalue weighted by atomic mass is 35.5. The van der Waals surface area contributed by atoms with Crippen LogP contribution in [0.2, 0.25) is 5.02 Å². The van der Waals surface area contributed by atoms with Crippen LogP contribution >= 0.6 is 23.8 Å². The summed E-state index contributed by atoms with van der Waals surface area (Å²) in [6.07, 6.45) is 0. The van der Waals surface area contributed by atoms with Gasteiger partial charge in [0.15, 0.2) is 5.11 Å². The van der Waals surface area contributed by atoms with E-state index in [1.807, 2.05) is 30.3 Å². The second kappa shape index (κ2) is 9.82. The maximum Gasteiger partial charge on any atom is 0.257 e. The van der Waals surface area contributed by atoms with Crippen molar-refractivity contribution in [2.75, 3.05) is 5.32 Å². The van der Waals surface area contributed by atoms with Crippen LogP contribution in [0.5, 0.6) is 0 Å². The molecule has 0 fully saturated rings. The highest BCUT2D eigenvalue weighted by Gasteiger charge is 2.10. The monoisotopic (exact) mass is 423 g/mol. The lowest BCUT2D eigenvalue weighted by Gasteiger charge is -2.11. The number of amides is 2. The second-order valence-electron chi connectivity index (χ2n) is 6.17. The van der Waals surface area contributed by atoms with Crippen molar-refractivity contribution in [2.24, 2.45) is 0 Å². The molecule has 0 unspecified atom stereocenters. The fraction of sp³-hybridized carbons (Fsp3) is 0.0455. The third-order valence-electron chi connectivity index (χ3n) is 3.99. The van der Waals surface area contributed by atoms with Crippen molar-refractivity contribution in [3.05, 3.63) is 101 Å². The molecule has 0 saturated heterocycles. The Kier molecular flexibility index (Phi) is 6.94. The molecule has 7 heteroatoms. The molecule has 0 atom stereocenters. The second-order valence-corrected chi connectivity index (χ2v) is 7.01. The molecule has 3 aromatic carbocycles. The average Bonchev–Trinajstić information content (AvgIpc) is 2.73. The van der Waals surface area contributed by atoms with Gasteiger partial charge in [-0.05, 0) is 54.2 Å². The number of anilines is 1. The van der Waals surface area contributed by atoms with Crippen molar-refractivity contribution in [2.45, 2.75) is 6.54 Å². The summed E-state index contributed by atoms with van der Waals surface area (Å²) < 4.78 is 0. The first kappa shape index (κ1) is 20.5. The average molecular weight is 424 g/mol. The zero-order valence-electron chi connectivity index (χ0n) is 15.3. The van der Waals surface area contributed by atoms with Gasteiger partial charge in [-0.15, -0.1) is 0 Å². The number of carbonyl (C=O) groups is 2. The summed E-state index contributed by atoms with van der Waals surface area (Å²) in [4.78, 5) is 24.6. The zero-order chi connectivity index (χ0) is 20.6. The van der Waals surface area contributed by atoms with Crippen LogP contribution < -0.4 is 16.0 Å². The molecule has 5 nitrogen and oxygen atoms in total. The van der Waals surface area contributed by atoms with Gasteiger partial charge < -0.3 is 10.6 Å². The molecule has 29 heavy (non-hydrogen) atoms. The SMILES string of the molecule is O=C(NCc1ccccc1)c1cccc(NC(=S)NC(=O)c2cccc(Cl)c2)c1. The summed E-state index contributed by atoms with van der Waals surface area (Å²) in [6, 6.07) is 23.1. The predicted octanol–water partition coefficient (Wildman–Crippen LogP) is 4.40. The molecule has 0 aromatic heterocycles. The summed E-state index contributed by atoms with van der Waals surface area (Å²) in [7, 11) is 0. The standard InChI is InChI=1S/C22H18ClN3O2S/c23-18-10-4-8-16(12-18)21(28)26-22(29)25-19-11-5-9-17(13-19)20(27)24-14-15-6-2-1-3-7-15/h1-13H,14H2,(H,24,27)(H2,25,26,28,29). The number of halogens is 1. The molecule has 0 aliphatic carbocycles. The van der Waals surface area contributed by atoms with E-state index >= 15 is 0 Å². The topological polar surface area (TPSA) is 70.2 Å². The summed E-state index contributed by atoms with van der Waals surface area (Å²) >= 11 is 11.1. The maximum atomic E-state index is 12.4. The Morgan fingerprint density at radius 2 is 1.52 bits per heavy atom. The van der Waals surface area contributed by atoms with E-state index in [0.717, 1.165) is 5.56 Å².